The molecule has 0 N–H and O–H groups in total. The molecule has 1 heterocycles. The number of fused-ring (bicyclic) bond motifs is 1. The molecule has 0 saturated carbocycles. The molecule has 6 heteroatoms. The number of methoxy groups -OCH3 is 1. The lowest BCUT2D eigenvalue weighted by Crippen LogP contribution is -2.48. The van der Waals surface area contributed by atoms with Gasteiger partial charge in [-0.15, -0.1) is 0 Å². The SMILES string of the molecule is CC/C=C\C(C)[C@H](C)[C@@H](C)[C@H](O[Si](C)(C)C(C)(C)C)[C@@H](C)C/C(C)=C\[C@H](C)[C@@H](OCOC)C(C)/C=C\c1ccc2oc(=O)ccc2c1. The smallest absolute Gasteiger partial charge is 0.336 e. The number of benzene rings is 1. The van der Waals surface area contributed by atoms with E-state index >= 15 is 0 Å². The molecule has 264 valence electrons. The van der Waals surface area contributed by atoms with Gasteiger partial charge in [0.05, 0.1) is 12.2 Å². The van der Waals surface area contributed by atoms with Crippen molar-refractivity contribution in [3.8, 4) is 0 Å². The summed E-state index contributed by atoms with van der Waals surface area (Å²) in [5, 5.41) is 1.05. The van der Waals surface area contributed by atoms with Crippen LogP contribution in [-0.4, -0.2) is 34.4 Å². The van der Waals surface area contributed by atoms with Gasteiger partial charge in [-0.3, -0.25) is 0 Å². The van der Waals surface area contributed by atoms with Crippen molar-refractivity contribution in [1.29, 1.82) is 0 Å². The second kappa shape index (κ2) is 18.5. The summed E-state index contributed by atoms with van der Waals surface area (Å²) < 4.78 is 24.2. The molecule has 0 spiro atoms. The summed E-state index contributed by atoms with van der Waals surface area (Å²) in [6.45, 7) is 30.5. The summed E-state index contributed by atoms with van der Waals surface area (Å²) in [7, 11) is -0.315. The Morgan fingerprint density at radius 1 is 0.915 bits per heavy atom. The standard InChI is InChI=1S/C41H66O5Si/c1-15-16-17-29(3)33(7)34(8)40(46-47(13,14)41(9,10)11)32(6)25-28(2)24-31(5)39(44-27-43-12)30(4)18-19-35-20-22-37-36(26-35)21-23-38(42)45-37/h16-24,26,29-34,39-40H,15,25,27H2,1-14H3/b17-16-,19-18-,28-24-/t29?,30?,31-,32-,33-,34+,39-,40+/m0/s1. The van der Waals surface area contributed by atoms with Gasteiger partial charge in [0.15, 0.2) is 8.32 Å². The van der Waals surface area contributed by atoms with Crippen LogP contribution in [0.15, 0.2) is 69.4 Å². The van der Waals surface area contributed by atoms with E-state index in [9.17, 15) is 4.79 Å². The quantitative estimate of drug-likeness (QED) is 0.0686. The van der Waals surface area contributed by atoms with Gasteiger partial charge in [-0.05, 0) is 85.3 Å². The molecule has 1 aromatic heterocycles. The second-order valence-electron chi connectivity index (χ2n) is 15.6. The number of hydrogen-bond donors (Lipinski definition) is 0. The lowest BCUT2D eigenvalue weighted by molar-refractivity contribution is -0.0947. The topological polar surface area (TPSA) is 57.9 Å². The number of hydrogen-bond acceptors (Lipinski definition) is 5. The molecule has 0 amide bonds. The number of allylic oxidation sites excluding steroid dienone is 3. The molecular weight excluding hydrogens is 601 g/mol. The Morgan fingerprint density at radius 3 is 2.21 bits per heavy atom. The molecule has 0 radical (unpaired) electrons. The van der Waals surface area contributed by atoms with E-state index in [0.717, 1.165) is 23.8 Å². The molecule has 47 heavy (non-hydrogen) atoms. The number of rotatable bonds is 18. The van der Waals surface area contributed by atoms with Crippen molar-refractivity contribution >= 4 is 25.4 Å². The Balaban J connectivity index is 2.28. The average molecular weight is 667 g/mol. The zero-order chi connectivity index (χ0) is 35.5. The molecule has 2 rings (SSSR count). The van der Waals surface area contributed by atoms with Crippen molar-refractivity contribution in [1.82, 2.24) is 0 Å². The summed E-state index contributed by atoms with van der Waals surface area (Å²) in [4.78, 5) is 11.6. The van der Waals surface area contributed by atoms with Crippen LogP contribution in [0.5, 0.6) is 0 Å². The molecule has 2 unspecified atom stereocenters. The van der Waals surface area contributed by atoms with Gasteiger partial charge in [0.2, 0.25) is 0 Å². The molecule has 0 aliphatic carbocycles. The predicted molar refractivity (Wildman–Crippen MR) is 203 cm³/mol. The van der Waals surface area contributed by atoms with Crippen molar-refractivity contribution in [2.24, 2.45) is 35.5 Å². The van der Waals surface area contributed by atoms with Gasteiger partial charge in [-0.2, -0.15) is 0 Å². The first-order chi connectivity index (χ1) is 21.9. The number of ether oxygens (including phenoxy) is 2. The van der Waals surface area contributed by atoms with Crippen LogP contribution in [0.25, 0.3) is 17.0 Å². The van der Waals surface area contributed by atoms with Crippen LogP contribution >= 0.6 is 0 Å². The van der Waals surface area contributed by atoms with E-state index < -0.39 is 8.32 Å². The third kappa shape index (κ3) is 12.3. The minimum atomic E-state index is -1.98. The summed E-state index contributed by atoms with van der Waals surface area (Å²) in [5.41, 5.74) is 2.67. The van der Waals surface area contributed by atoms with Gasteiger partial charge in [-0.25, -0.2) is 4.79 Å². The predicted octanol–water partition coefficient (Wildman–Crippen LogP) is 11.3. The van der Waals surface area contributed by atoms with Crippen molar-refractivity contribution in [3.05, 3.63) is 76.2 Å². The fraction of sp³-hybridized carbons (Fsp3) is 0.634. The largest absolute Gasteiger partial charge is 0.423 e. The Hall–Kier alpha value is -2.25. The van der Waals surface area contributed by atoms with Gasteiger partial charge < -0.3 is 18.3 Å². The molecule has 0 saturated heterocycles. The van der Waals surface area contributed by atoms with E-state index in [-0.39, 0.29) is 41.5 Å². The van der Waals surface area contributed by atoms with E-state index in [2.05, 4.69) is 120 Å². The third-order valence-electron chi connectivity index (χ3n) is 10.5. The van der Waals surface area contributed by atoms with E-state index in [1.807, 2.05) is 18.2 Å². The molecule has 2 aromatic rings. The Morgan fingerprint density at radius 2 is 1.60 bits per heavy atom. The van der Waals surface area contributed by atoms with Crippen molar-refractivity contribution in [2.75, 3.05) is 13.9 Å². The molecule has 0 aliphatic heterocycles. The van der Waals surface area contributed by atoms with Crippen LogP contribution in [0, 0.1) is 35.5 Å². The third-order valence-corrected chi connectivity index (χ3v) is 15.0. The minimum absolute atomic E-state index is 0.0561. The second-order valence-corrected chi connectivity index (χ2v) is 20.4. The fourth-order valence-corrected chi connectivity index (χ4v) is 7.77. The molecule has 8 atom stereocenters. The van der Waals surface area contributed by atoms with Crippen molar-refractivity contribution in [3.63, 3.8) is 0 Å². The van der Waals surface area contributed by atoms with Gasteiger partial charge >= 0.3 is 5.63 Å². The highest BCUT2D eigenvalue weighted by Gasteiger charge is 2.42. The van der Waals surface area contributed by atoms with Crippen LogP contribution < -0.4 is 5.63 Å². The summed E-state index contributed by atoms with van der Waals surface area (Å²) in [5.74, 6) is 2.13. The zero-order valence-corrected chi connectivity index (χ0v) is 33.1. The van der Waals surface area contributed by atoms with E-state index in [1.54, 1.807) is 13.2 Å². The Labute approximate surface area is 288 Å². The minimum Gasteiger partial charge on any atom is -0.423 e. The van der Waals surface area contributed by atoms with E-state index in [1.165, 1.54) is 11.6 Å². The molecule has 5 nitrogen and oxygen atoms in total. The van der Waals surface area contributed by atoms with E-state index in [4.69, 9.17) is 18.3 Å². The molecule has 0 bridgehead atoms. The zero-order valence-electron chi connectivity index (χ0n) is 32.1. The molecule has 0 aliphatic rings. The summed E-state index contributed by atoms with van der Waals surface area (Å²) in [6, 6.07) is 9.11. The van der Waals surface area contributed by atoms with Gasteiger partial charge in [0.1, 0.15) is 12.4 Å². The molecular formula is C41H66O5Si. The van der Waals surface area contributed by atoms with Gasteiger partial charge in [0.25, 0.3) is 0 Å². The highest BCUT2D eigenvalue weighted by molar-refractivity contribution is 6.74. The Bertz CT molecular complexity index is 1380. The fourth-order valence-electron chi connectivity index (χ4n) is 6.29. The van der Waals surface area contributed by atoms with Crippen LogP contribution in [0.4, 0.5) is 0 Å². The lowest BCUT2D eigenvalue weighted by atomic mass is 9.77. The molecule has 1 aromatic carbocycles. The first-order valence-electron chi connectivity index (χ1n) is 17.8. The Kier molecular flexibility index (Phi) is 16.1. The highest BCUT2D eigenvalue weighted by Crippen LogP contribution is 2.41. The van der Waals surface area contributed by atoms with Gasteiger partial charge in [-0.1, -0.05) is 111 Å². The van der Waals surface area contributed by atoms with Crippen LogP contribution in [-0.2, 0) is 13.9 Å². The maximum absolute atomic E-state index is 11.6. The first-order valence-corrected chi connectivity index (χ1v) is 20.7. The average Bonchev–Trinajstić information content (AvgIpc) is 3.00. The van der Waals surface area contributed by atoms with Gasteiger partial charge in [0, 0.05) is 30.4 Å². The van der Waals surface area contributed by atoms with Crippen molar-refractivity contribution < 1.29 is 18.3 Å². The van der Waals surface area contributed by atoms with Crippen LogP contribution in [0.1, 0.15) is 94.6 Å². The lowest BCUT2D eigenvalue weighted by Gasteiger charge is -2.44. The normalized spacial score (nSPS) is 18.7. The molecule has 0 fully saturated rings. The monoisotopic (exact) mass is 666 g/mol. The highest BCUT2D eigenvalue weighted by atomic mass is 28.4. The summed E-state index contributed by atoms with van der Waals surface area (Å²) >= 11 is 0. The summed E-state index contributed by atoms with van der Waals surface area (Å²) in [6.07, 6.45) is 13.6. The maximum Gasteiger partial charge on any atom is 0.336 e. The van der Waals surface area contributed by atoms with Crippen LogP contribution in [0.2, 0.25) is 18.1 Å². The van der Waals surface area contributed by atoms with E-state index in [0.29, 0.717) is 29.3 Å². The maximum atomic E-state index is 11.6. The van der Waals surface area contributed by atoms with Crippen molar-refractivity contribution in [2.45, 2.75) is 119 Å². The first kappa shape index (κ1) is 40.9. The van der Waals surface area contributed by atoms with Crippen LogP contribution in [0.3, 0.4) is 0 Å².